The zero-order chi connectivity index (χ0) is 23.5. The van der Waals surface area contributed by atoms with Crippen LogP contribution < -0.4 is 21.1 Å². The van der Waals surface area contributed by atoms with Crippen molar-refractivity contribution in [1.29, 1.82) is 0 Å². The number of nitrogens with one attached hydrogen (secondary N) is 3. The third kappa shape index (κ3) is 4.84. The zero-order valence-electron chi connectivity index (χ0n) is 17.8. The molecule has 0 aliphatic heterocycles. The van der Waals surface area contributed by atoms with Crippen molar-refractivity contribution in [3.63, 3.8) is 0 Å². The van der Waals surface area contributed by atoms with Gasteiger partial charge in [0.1, 0.15) is 0 Å². The standard InChI is InChI=1S/C21H23N5O5S/c1-4-11-26-21(29)17-8-6-5-7-16(17)19(24-26)20(28)23-25-32(30,31)18-12-15(22-14(3)27)10-9-13(18)2/h5-10,12,25H,4,11H2,1-3H3,(H,22,27)(H,23,28). The minimum Gasteiger partial charge on any atom is -0.326 e. The second kappa shape index (κ2) is 9.28. The van der Waals surface area contributed by atoms with Crippen molar-refractivity contribution in [1.82, 2.24) is 20.0 Å². The van der Waals surface area contributed by atoms with Crippen molar-refractivity contribution in [2.24, 2.45) is 0 Å². The van der Waals surface area contributed by atoms with Gasteiger partial charge in [0.25, 0.3) is 21.5 Å². The summed E-state index contributed by atoms with van der Waals surface area (Å²) in [7, 11) is -4.16. The third-order valence-electron chi connectivity index (χ3n) is 4.62. The molecule has 0 saturated heterocycles. The lowest BCUT2D eigenvalue weighted by molar-refractivity contribution is -0.114. The number of carbonyl (C=O) groups is 2. The number of sulfonamides is 1. The fourth-order valence-corrected chi connectivity index (χ4v) is 4.28. The maximum absolute atomic E-state index is 12.8. The molecule has 168 valence electrons. The SMILES string of the molecule is CCCn1nc(C(=O)NNS(=O)(=O)c2cc(NC(C)=O)ccc2C)c2ccccc2c1=O. The maximum Gasteiger partial charge on any atom is 0.287 e. The van der Waals surface area contributed by atoms with Gasteiger partial charge in [-0.1, -0.05) is 31.2 Å². The Bertz CT molecular complexity index is 1360. The highest BCUT2D eigenvalue weighted by molar-refractivity contribution is 7.89. The van der Waals surface area contributed by atoms with Crippen LogP contribution in [-0.4, -0.2) is 30.0 Å². The molecule has 0 unspecified atom stereocenters. The number of nitrogens with zero attached hydrogens (tertiary/aromatic N) is 2. The predicted molar refractivity (Wildman–Crippen MR) is 120 cm³/mol. The van der Waals surface area contributed by atoms with Crippen molar-refractivity contribution in [3.05, 3.63) is 64.1 Å². The van der Waals surface area contributed by atoms with Crippen molar-refractivity contribution in [2.75, 3.05) is 5.32 Å². The van der Waals surface area contributed by atoms with Gasteiger partial charge < -0.3 is 5.32 Å². The summed E-state index contributed by atoms with van der Waals surface area (Å²) in [6.07, 6.45) is 0.628. The molecule has 2 aromatic carbocycles. The number of carbonyl (C=O) groups excluding carboxylic acids is 2. The number of hydrazine groups is 1. The number of rotatable bonds is 7. The highest BCUT2D eigenvalue weighted by Gasteiger charge is 2.21. The van der Waals surface area contributed by atoms with Gasteiger partial charge in [-0.05, 0) is 37.1 Å². The summed E-state index contributed by atoms with van der Waals surface area (Å²) in [5, 5.41) is 7.27. The molecule has 0 aliphatic rings. The van der Waals surface area contributed by atoms with Gasteiger partial charge in [0, 0.05) is 24.5 Å². The summed E-state index contributed by atoms with van der Waals surface area (Å²) in [4.78, 5) is 38.6. The molecule has 0 radical (unpaired) electrons. The normalized spacial score (nSPS) is 11.3. The van der Waals surface area contributed by atoms with E-state index in [9.17, 15) is 22.8 Å². The first-order valence-electron chi connectivity index (χ1n) is 9.84. The second-order valence-corrected chi connectivity index (χ2v) is 8.79. The first-order valence-corrected chi connectivity index (χ1v) is 11.3. The Morgan fingerprint density at radius 2 is 1.78 bits per heavy atom. The van der Waals surface area contributed by atoms with E-state index in [2.05, 4.69) is 20.7 Å². The van der Waals surface area contributed by atoms with E-state index in [0.29, 0.717) is 35.0 Å². The molecule has 0 spiro atoms. The molecule has 0 atom stereocenters. The number of aryl methyl sites for hydroxylation is 2. The number of hydrogen-bond acceptors (Lipinski definition) is 6. The van der Waals surface area contributed by atoms with Crippen molar-refractivity contribution in [2.45, 2.75) is 38.6 Å². The van der Waals surface area contributed by atoms with Crippen LogP contribution in [0, 0.1) is 6.92 Å². The summed E-state index contributed by atoms with van der Waals surface area (Å²) in [6.45, 7) is 5.07. The lowest BCUT2D eigenvalue weighted by atomic mass is 10.1. The Labute approximate surface area is 184 Å². The zero-order valence-corrected chi connectivity index (χ0v) is 18.6. The molecule has 0 aliphatic carbocycles. The highest BCUT2D eigenvalue weighted by Crippen LogP contribution is 2.20. The minimum atomic E-state index is -4.16. The van der Waals surface area contributed by atoms with Crippen LogP contribution in [-0.2, 0) is 21.4 Å². The van der Waals surface area contributed by atoms with Crippen LogP contribution >= 0.6 is 0 Å². The lowest BCUT2D eigenvalue weighted by Gasteiger charge is -2.13. The van der Waals surface area contributed by atoms with Gasteiger partial charge in [-0.15, -0.1) is 4.83 Å². The molecule has 3 aromatic rings. The minimum absolute atomic E-state index is 0.0833. The smallest absolute Gasteiger partial charge is 0.287 e. The van der Waals surface area contributed by atoms with Gasteiger partial charge in [-0.2, -0.15) is 5.10 Å². The van der Waals surface area contributed by atoms with Crippen LogP contribution in [0.3, 0.4) is 0 Å². The number of amides is 2. The van der Waals surface area contributed by atoms with Crippen molar-refractivity contribution >= 4 is 38.3 Å². The fourth-order valence-electron chi connectivity index (χ4n) is 3.16. The van der Waals surface area contributed by atoms with E-state index in [-0.39, 0.29) is 22.1 Å². The molecule has 2 amide bonds. The first-order chi connectivity index (χ1) is 15.1. The molecular formula is C21H23N5O5S. The quantitative estimate of drug-likeness (QED) is 0.462. The van der Waals surface area contributed by atoms with Crippen LogP contribution in [0.2, 0.25) is 0 Å². The molecule has 0 saturated carbocycles. The molecule has 0 fully saturated rings. The molecule has 10 nitrogen and oxygen atoms in total. The van der Waals surface area contributed by atoms with Crippen molar-refractivity contribution < 1.29 is 18.0 Å². The van der Waals surface area contributed by atoms with Gasteiger partial charge in [-0.25, -0.2) is 13.1 Å². The third-order valence-corrected chi connectivity index (χ3v) is 6.00. The largest absolute Gasteiger partial charge is 0.326 e. The summed E-state index contributed by atoms with van der Waals surface area (Å²) in [6, 6.07) is 10.9. The summed E-state index contributed by atoms with van der Waals surface area (Å²) in [5.74, 6) is -1.16. The van der Waals surface area contributed by atoms with Gasteiger partial charge in [-0.3, -0.25) is 19.8 Å². The molecule has 11 heteroatoms. The van der Waals surface area contributed by atoms with E-state index in [1.165, 1.54) is 23.7 Å². The Balaban J connectivity index is 1.92. The van der Waals surface area contributed by atoms with Gasteiger partial charge in [0.15, 0.2) is 5.69 Å². The van der Waals surface area contributed by atoms with Crippen LogP contribution in [0.15, 0.2) is 52.2 Å². The van der Waals surface area contributed by atoms with Crippen LogP contribution in [0.4, 0.5) is 5.69 Å². The number of aromatic nitrogens is 2. The highest BCUT2D eigenvalue weighted by atomic mass is 32.2. The summed E-state index contributed by atoms with van der Waals surface area (Å²) < 4.78 is 26.8. The van der Waals surface area contributed by atoms with E-state index in [4.69, 9.17) is 0 Å². The molecule has 1 aromatic heterocycles. The summed E-state index contributed by atoms with van der Waals surface area (Å²) in [5.41, 5.74) is 2.47. The van der Waals surface area contributed by atoms with E-state index in [1.807, 2.05) is 6.92 Å². The van der Waals surface area contributed by atoms with E-state index < -0.39 is 15.9 Å². The van der Waals surface area contributed by atoms with E-state index in [0.717, 1.165) is 0 Å². The molecule has 0 bridgehead atoms. The lowest BCUT2D eigenvalue weighted by Crippen LogP contribution is -2.43. The average Bonchev–Trinajstić information content (AvgIpc) is 2.75. The van der Waals surface area contributed by atoms with Gasteiger partial charge in [0.05, 0.1) is 10.3 Å². The summed E-state index contributed by atoms with van der Waals surface area (Å²) >= 11 is 0. The van der Waals surface area contributed by atoms with Crippen LogP contribution in [0.25, 0.3) is 10.8 Å². The predicted octanol–water partition coefficient (Wildman–Crippen LogP) is 1.70. The number of benzene rings is 2. The molecule has 3 N–H and O–H groups in total. The second-order valence-electron chi connectivity index (χ2n) is 7.14. The Hall–Kier alpha value is -3.57. The average molecular weight is 458 g/mol. The Morgan fingerprint density at radius 3 is 2.44 bits per heavy atom. The maximum atomic E-state index is 12.8. The number of hydrogen-bond donors (Lipinski definition) is 3. The molecule has 32 heavy (non-hydrogen) atoms. The molecule has 3 rings (SSSR count). The molecular weight excluding hydrogens is 434 g/mol. The van der Waals surface area contributed by atoms with Gasteiger partial charge in [0.2, 0.25) is 5.91 Å². The van der Waals surface area contributed by atoms with E-state index in [1.54, 1.807) is 37.3 Å². The van der Waals surface area contributed by atoms with Crippen LogP contribution in [0.5, 0.6) is 0 Å². The van der Waals surface area contributed by atoms with Crippen molar-refractivity contribution in [3.8, 4) is 0 Å². The Kier molecular flexibility index (Phi) is 6.70. The number of anilines is 1. The van der Waals surface area contributed by atoms with Gasteiger partial charge >= 0.3 is 0 Å². The number of fused-ring (bicyclic) bond motifs is 1. The molecule has 1 heterocycles. The fraction of sp³-hybridized carbons (Fsp3) is 0.238. The Morgan fingerprint density at radius 1 is 1.09 bits per heavy atom. The first kappa shape index (κ1) is 23.1. The van der Waals surface area contributed by atoms with E-state index >= 15 is 0 Å². The monoisotopic (exact) mass is 457 g/mol. The van der Waals surface area contributed by atoms with Crippen LogP contribution in [0.1, 0.15) is 36.3 Å². The topological polar surface area (TPSA) is 139 Å².